The first-order valence-electron chi connectivity index (χ1n) is 6.30. The Hall–Kier alpha value is -2.01. The third kappa shape index (κ3) is 3.76. The molecule has 0 saturated carbocycles. The third-order valence-electron chi connectivity index (χ3n) is 3.04. The Labute approximate surface area is 131 Å². The molecule has 0 fully saturated rings. The molecule has 2 aromatic carbocycles. The van der Waals surface area contributed by atoms with E-state index >= 15 is 0 Å². The number of carbonyl (C=O) groups is 1. The summed E-state index contributed by atoms with van der Waals surface area (Å²) in [4.78, 5) is 11.2. The van der Waals surface area contributed by atoms with Crippen molar-refractivity contribution in [2.45, 2.75) is 13.5 Å². The molecular weight excluding hydrogens is 336 g/mol. The lowest BCUT2D eigenvalue weighted by atomic mass is 10.1. The van der Waals surface area contributed by atoms with Crippen molar-refractivity contribution < 1.29 is 19.4 Å². The molecule has 0 heterocycles. The average molecular weight is 351 g/mol. The minimum absolute atomic E-state index is 0.129. The predicted octanol–water partition coefficient (Wildman–Crippen LogP) is 4.04. The molecule has 0 aromatic heterocycles. The number of aryl methyl sites for hydroxylation is 1. The van der Waals surface area contributed by atoms with Crippen LogP contribution in [0, 0.1) is 6.92 Å². The molecule has 0 radical (unpaired) electrons. The van der Waals surface area contributed by atoms with Crippen LogP contribution in [0.1, 0.15) is 21.5 Å². The van der Waals surface area contributed by atoms with E-state index in [1.165, 1.54) is 7.11 Å². The van der Waals surface area contributed by atoms with Crippen LogP contribution < -0.4 is 9.47 Å². The van der Waals surface area contributed by atoms with Crippen molar-refractivity contribution in [2.75, 3.05) is 7.11 Å². The van der Waals surface area contributed by atoms with Crippen LogP contribution in [0.15, 0.2) is 40.9 Å². The molecule has 0 unspecified atom stereocenters. The molecule has 4 nitrogen and oxygen atoms in total. The average Bonchev–Trinajstić information content (AvgIpc) is 2.47. The predicted molar refractivity (Wildman–Crippen MR) is 83.2 cm³/mol. The van der Waals surface area contributed by atoms with Crippen molar-refractivity contribution in [3.63, 3.8) is 0 Å². The van der Waals surface area contributed by atoms with E-state index in [4.69, 9.17) is 14.6 Å². The minimum Gasteiger partial charge on any atom is -0.496 e. The number of ether oxygens (including phenoxy) is 2. The van der Waals surface area contributed by atoms with Crippen molar-refractivity contribution >= 4 is 21.9 Å². The zero-order chi connectivity index (χ0) is 15.4. The maximum atomic E-state index is 11.2. The molecule has 2 aromatic rings. The lowest BCUT2D eigenvalue weighted by Crippen LogP contribution is -2.03. The molecule has 0 aliphatic rings. The zero-order valence-corrected chi connectivity index (χ0v) is 13.3. The normalized spacial score (nSPS) is 10.2. The number of aromatic carboxylic acids is 1. The molecule has 1 N–H and O–H groups in total. The summed E-state index contributed by atoms with van der Waals surface area (Å²) in [5, 5.41) is 9.16. The van der Waals surface area contributed by atoms with E-state index in [1.54, 1.807) is 18.2 Å². The largest absolute Gasteiger partial charge is 0.496 e. The fourth-order valence-electron chi connectivity index (χ4n) is 1.90. The van der Waals surface area contributed by atoms with Gasteiger partial charge in [-0.25, -0.2) is 4.79 Å². The van der Waals surface area contributed by atoms with Gasteiger partial charge in [0.05, 0.1) is 7.11 Å². The van der Waals surface area contributed by atoms with Crippen molar-refractivity contribution in [1.29, 1.82) is 0 Å². The molecule has 0 bridgehead atoms. The molecule has 110 valence electrons. The zero-order valence-electron chi connectivity index (χ0n) is 11.7. The molecule has 5 heteroatoms. The highest BCUT2D eigenvalue weighted by Crippen LogP contribution is 2.25. The molecule has 0 atom stereocenters. The molecule has 0 spiro atoms. The number of benzene rings is 2. The number of rotatable bonds is 5. The third-order valence-corrected chi connectivity index (χ3v) is 3.53. The second-order valence-corrected chi connectivity index (χ2v) is 5.45. The smallest absolute Gasteiger partial charge is 0.339 e. The standard InChI is InChI=1S/C16H15BrO4/c1-10-3-5-12(17)8-15(10)21-9-11-4-6-14(20-2)13(7-11)16(18)19/h3-8H,9H2,1-2H3,(H,18,19). The summed E-state index contributed by atoms with van der Waals surface area (Å²) in [5.74, 6) is 0.0780. The number of carboxylic acids is 1. The van der Waals surface area contributed by atoms with Crippen molar-refractivity contribution in [2.24, 2.45) is 0 Å². The molecular formula is C16H15BrO4. The van der Waals surface area contributed by atoms with Gasteiger partial charge in [-0.2, -0.15) is 0 Å². The van der Waals surface area contributed by atoms with E-state index in [2.05, 4.69) is 15.9 Å². The van der Waals surface area contributed by atoms with Crippen molar-refractivity contribution in [3.8, 4) is 11.5 Å². The van der Waals surface area contributed by atoms with Gasteiger partial charge in [0.1, 0.15) is 23.7 Å². The van der Waals surface area contributed by atoms with Crippen LogP contribution in [0.3, 0.4) is 0 Å². The van der Waals surface area contributed by atoms with Gasteiger partial charge < -0.3 is 14.6 Å². The van der Waals surface area contributed by atoms with Crippen molar-refractivity contribution in [3.05, 3.63) is 57.6 Å². The quantitative estimate of drug-likeness (QED) is 0.883. The molecule has 21 heavy (non-hydrogen) atoms. The van der Waals surface area contributed by atoms with E-state index in [-0.39, 0.29) is 5.56 Å². The van der Waals surface area contributed by atoms with E-state index in [0.29, 0.717) is 12.4 Å². The summed E-state index contributed by atoms with van der Waals surface area (Å²) in [6.45, 7) is 2.25. The maximum absolute atomic E-state index is 11.2. The van der Waals surface area contributed by atoms with Gasteiger partial charge in [0.2, 0.25) is 0 Å². The summed E-state index contributed by atoms with van der Waals surface area (Å²) in [6, 6.07) is 10.8. The highest BCUT2D eigenvalue weighted by atomic mass is 79.9. The first kappa shape index (κ1) is 15.4. The first-order valence-corrected chi connectivity index (χ1v) is 7.09. The Morgan fingerprint density at radius 3 is 2.62 bits per heavy atom. The van der Waals surface area contributed by atoms with Crippen molar-refractivity contribution in [1.82, 2.24) is 0 Å². The van der Waals surface area contributed by atoms with E-state index < -0.39 is 5.97 Å². The Kier molecular flexibility index (Phi) is 4.85. The highest BCUT2D eigenvalue weighted by molar-refractivity contribution is 9.10. The Morgan fingerprint density at radius 1 is 1.19 bits per heavy atom. The number of halogens is 1. The Morgan fingerprint density at radius 2 is 1.95 bits per heavy atom. The number of methoxy groups -OCH3 is 1. The topological polar surface area (TPSA) is 55.8 Å². The monoisotopic (exact) mass is 350 g/mol. The minimum atomic E-state index is -1.02. The highest BCUT2D eigenvalue weighted by Gasteiger charge is 2.12. The second-order valence-electron chi connectivity index (χ2n) is 4.54. The van der Waals surface area contributed by atoms with Gasteiger partial charge in [0.15, 0.2) is 0 Å². The van der Waals surface area contributed by atoms with Gasteiger partial charge in [0.25, 0.3) is 0 Å². The second kappa shape index (κ2) is 6.63. The van der Waals surface area contributed by atoms with Gasteiger partial charge in [0, 0.05) is 4.47 Å². The summed E-state index contributed by atoms with van der Waals surface area (Å²) >= 11 is 3.40. The molecule has 0 aliphatic carbocycles. The summed E-state index contributed by atoms with van der Waals surface area (Å²) in [7, 11) is 1.45. The summed E-state index contributed by atoms with van der Waals surface area (Å²) in [5.41, 5.74) is 1.92. The lowest BCUT2D eigenvalue weighted by molar-refractivity contribution is 0.0693. The Bertz CT molecular complexity index is 667. The van der Waals surface area contributed by atoms with Gasteiger partial charge in [-0.15, -0.1) is 0 Å². The van der Waals surface area contributed by atoms with Crippen LogP contribution in [0.25, 0.3) is 0 Å². The maximum Gasteiger partial charge on any atom is 0.339 e. The fraction of sp³-hybridized carbons (Fsp3) is 0.188. The van der Waals surface area contributed by atoms with Crippen LogP contribution in [-0.4, -0.2) is 18.2 Å². The SMILES string of the molecule is COc1ccc(COc2cc(Br)ccc2C)cc1C(=O)O. The van der Waals surface area contributed by atoms with E-state index in [0.717, 1.165) is 21.3 Å². The number of hydrogen-bond donors (Lipinski definition) is 1. The van der Waals surface area contributed by atoms with Gasteiger partial charge in [-0.05, 0) is 42.3 Å². The van der Waals surface area contributed by atoms with Gasteiger partial charge >= 0.3 is 5.97 Å². The van der Waals surface area contributed by atoms with Crippen LogP contribution in [0.5, 0.6) is 11.5 Å². The summed E-state index contributed by atoms with van der Waals surface area (Å²) in [6.07, 6.45) is 0. The Balaban J connectivity index is 2.18. The van der Waals surface area contributed by atoms with Gasteiger partial charge in [-0.3, -0.25) is 0 Å². The van der Waals surface area contributed by atoms with Crippen LogP contribution >= 0.6 is 15.9 Å². The molecule has 0 saturated heterocycles. The fourth-order valence-corrected chi connectivity index (χ4v) is 2.24. The summed E-state index contributed by atoms with van der Waals surface area (Å²) < 4.78 is 11.7. The lowest BCUT2D eigenvalue weighted by Gasteiger charge is -2.11. The van der Waals surface area contributed by atoms with Crippen LogP contribution in [-0.2, 0) is 6.61 Å². The molecule has 2 rings (SSSR count). The first-order chi connectivity index (χ1) is 10.0. The van der Waals surface area contributed by atoms with Gasteiger partial charge in [-0.1, -0.05) is 28.1 Å². The molecule has 0 amide bonds. The van der Waals surface area contributed by atoms with Crippen LogP contribution in [0.4, 0.5) is 0 Å². The van der Waals surface area contributed by atoms with Crippen LogP contribution in [0.2, 0.25) is 0 Å². The van der Waals surface area contributed by atoms with E-state index in [1.807, 2.05) is 25.1 Å². The van der Waals surface area contributed by atoms with E-state index in [9.17, 15) is 4.79 Å². The number of hydrogen-bond acceptors (Lipinski definition) is 3. The number of carboxylic acid groups (broad SMARTS) is 1. The molecule has 0 aliphatic heterocycles.